The first-order chi connectivity index (χ1) is 50.1. The third-order valence-corrected chi connectivity index (χ3v) is 18.9. The number of hydrogen-bond acceptors (Lipinski definition) is 18. The number of nitrogens with zero attached hydrogens (tertiary/aromatic N) is 9. The fraction of sp³-hybridized carbons (Fsp3) is 0.143. The number of primary amides is 1. The Morgan fingerprint density at radius 2 is 0.925 bits per heavy atom. The molecule has 0 aliphatic rings. The number of methoxy groups -OCH3 is 2. The van der Waals surface area contributed by atoms with Crippen molar-refractivity contribution in [3.63, 3.8) is 0 Å². The van der Waals surface area contributed by atoms with Crippen molar-refractivity contribution in [2.75, 3.05) is 19.5 Å². The van der Waals surface area contributed by atoms with Crippen LogP contribution in [0, 0.1) is 42.0 Å². The van der Waals surface area contributed by atoms with Crippen molar-refractivity contribution in [3.05, 3.63) is 287 Å². The summed E-state index contributed by atoms with van der Waals surface area (Å²) in [6.07, 6.45) is 3.18. The summed E-state index contributed by atoms with van der Waals surface area (Å²) >= 11 is 5.74. The summed E-state index contributed by atoms with van der Waals surface area (Å²) in [5, 5.41) is 1.85. The smallest absolute Gasteiger partial charge is 0.497 e. The highest BCUT2D eigenvalue weighted by molar-refractivity contribution is 14.1. The molecule has 0 fully saturated rings. The molecule has 0 saturated carbocycles. The fourth-order valence-electron chi connectivity index (χ4n) is 10.5. The van der Waals surface area contributed by atoms with E-state index in [1.807, 2.05) is 45.2 Å². The third kappa shape index (κ3) is 16.3. The summed E-state index contributed by atoms with van der Waals surface area (Å²) < 4.78 is 142. The summed E-state index contributed by atoms with van der Waals surface area (Å²) in [4.78, 5) is 114. The molecule has 26 nitrogen and oxygen atoms in total. The molecule has 1 amide bonds. The molecule has 7 aromatic heterocycles. The van der Waals surface area contributed by atoms with Gasteiger partial charge in [-0.15, -0.1) is 0 Å². The second kappa shape index (κ2) is 31.8. The first kappa shape index (κ1) is 77.7. The van der Waals surface area contributed by atoms with Crippen molar-refractivity contribution < 1.29 is 62.7 Å². The molecule has 0 saturated heterocycles. The quantitative estimate of drug-likeness (QED) is 0.0370. The van der Waals surface area contributed by atoms with Gasteiger partial charge in [0.15, 0.2) is 5.75 Å². The van der Waals surface area contributed by atoms with Crippen LogP contribution in [0.5, 0.6) is 40.2 Å². The SMILES string of the molecule is COc1ccc(Cn2c(=O)c3c(OS(=O)(=O)C(F)(F)F)cc(=O)n(C)c3n(-c3ccc(I)cc3F)c2=O)cc1.COc1ccc(Cn2c(=O)c3c(Oc4cccnc4C)cc(=O)n(C)c3n(-c3ccc(I)cc3F)c2=O)cc1.Cc1ncccc1Oc1cc(=O)n(C)c(Nc2ccc(I)cc2F)c1C(N)=O. The fourth-order valence-corrected chi connectivity index (χ4v) is 12.4. The lowest BCUT2D eigenvalue weighted by molar-refractivity contribution is -0.0499. The number of nitrogens with two attached hydrogens (primary N) is 1. The van der Waals surface area contributed by atoms with E-state index >= 15 is 8.78 Å². The standard InChI is InChI=1S/C28H22FIN4O5.C23H16F4IN3O7S.C19H16FIN4O3/c1-16-22(5-4-12-31-16)39-23-14-24(35)32(2)26-25(23)27(36)33(15-17-6-9-19(38-3)10-7-17)28(37)34(26)21-11-8-18(30)13-20(21)29;1-29-18(32)10-17(38-39(35,36)23(25,26)27)19-20(29)31(16-8-5-13(28)9-15(16)24)22(34)30(21(19)33)11-12-3-6-14(37-2)7-4-12;1-10-14(4-3-7-23-10)28-15-9-16(26)25(2)19(17(15)18(22)27)24-13-6-5-11(21)8-12(13)20/h4-14H,15H2,1-3H3;3-10H,11H2,1-2H3;3-9,24H,1-2H3,(H2,22,27). The Kier molecular flexibility index (Phi) is 23.3. The lowest BCUT2D eigenvalue weighted by Gasteiger charge is -2.19. The van der Waals surface area contributed by atoms with Crippen molar-refractivity contribution in [2.45, 2.75) is 32.4 Å². The molecular formula is C70H54F6I3N11O15S. The van der Waals surface area contributed by atoms with Crippen LogP contribution in [0.2, 0.25) is 0 Å². The molecule has 0 unspecified atom stereocenters. The zero-order valence-electron chi connectivity index (χ0n) is 56.0. The minimum atomic E-state index is -6.34. The topological polar surface area (TPSA) is 315 Å². The van der Waals surface area contributed by atoms with Gasteiger partial charge in [-0.2, -0.15) is 21.6 Å². The molecule has 36 heteroatoms. The van der Waals surface area contributed by atoms with Crippen LogP contribution in [-0.4, -0.2) is 76.0 Å². The normalized spacial score (nSPS) is 11.3. The number of hydrogen-bond donors (Lipinski definition) is 2. The van der Waals surface area contributed by atoms with Gasteiger partial charge < -0.3 is 34.2 Å². The van der Waals surface area contributed by atoms with Crippen LogP contribution >= 0.6 is 67.8 Å². The number of rotatable bonds is 17. The highest BCUT2D eigenvalue weighted by atomic mass is 127. The first-order valence-corrected chi connectivity index (χ1v) is 35.2. The van der Waals surface area contributed by atoms with Gasteiger partial charge >= 0.3 is 27.0 Å². The average molecular weight is 1820 g/mol. The van der Waals surface area contributed by atoms with Crippen molar-refractivity contribution in [1.82, 2.24) is 41.9 Å². The van der Waals surface area contributed by atoms with Gasteiger partial charge in [-0.25, -0.2) is 31.9 Å². The summed E-state index contributed by atoms with van der Waals surface area (Å²) in [7, 11) is 0.537. The average Bonchev–Trinajstić information content (AvgIpc) is 0.732. The van der Waals surface area contributed by atoms with E-state index in [0.29, 0.717) is 76.0 Å². The van der Waals surface area contributed by atoms with Crippen molar-refractivity contribution in [3.8, 4) is 51.6 Å². The number of anilines is 2. The number of halogens is 9. The van der Waals surface area contributed by atoms with E-state index in [0.717, 1.165) is 38.9 Å². The molecule has 3 N–H and O–H groups in total. The van der Waals surface area contributed by atoms with Crippen LogP contribution in [0.3, 0.4) is 0 Å². The molecule has 0 radical (unpaired) electrons. The Bertz CT molecular complexity index is 6090. The Labute approximate surface area is 634 Å². The number of ether oxygens (including phenoxy) is 4. The second-order valence-electron chi connectivity index (χ2n) is 22.7. The minimum Gasteiger partial charge on any atom is -0.497 e. The monoisotopic (exact) mass is 1820 g/mol. The number of aromatic nitrogens is 9. The Morgan fingerprint density at radius 3 is 1.33 bits per heavy atom. The van der Waals surface area contributed by atoms with Gasteiger partial charge in [0.25, 0.3) is 33.7 Å². The highest BCUT2D eigenvalue weighted by Gasteiger charge is 2.49. The minimum absolute atomic E-state index is 0.0247. The molecule has 0 atom stereocenters. The van der Waals surface area contributed by atoms with E-state index in [9.17, 15) is 64.3 Å². The molecule has 12 rings (SSSR count). The van der Waals surface area contributed by atoms with Crippen LogP contribution < -0.4 is 73.4 Å². The molecule has 0 aliphatic carbocycles. The molecular weight excluding hydrogens is 1760 g/mol. The number of benzene rings is 5. The second-order valence-corrected chi connectivity index (χ2v) is 28.0. The predicted octanol–water partition coefficient (Wildman–Crippen LogP) is 10.5. The summed E-state index contributed by atoms with van der Waals surface area (Å²) in [6, 6.07) is 34.7. The number of nitrogens with one attached hydrogen (secondary N) is 1. The van der Waals surface area contributed by atoms with E-state index in [4.69, 9.17) is 24.7 Å². The van der Waals surface area contributed by atoms with Crippen molar-refractivity contribution >= 4 is 117 Å². The lowest BCUT2D eigenvalue weighted by Crippen LogP contribution is -2.42. The van der Waals surface area contributed by atoms with Crippen LogP contribution in [0.4, 0.5) is 37.8 Å². The van der Waals surface area contributed by atoms with E-state index < -0.39 is 107 Å². The maximum Gasteiger partial charge on any atom is 0.534 e. The van der Waals surface area contributed by atoms with Crippen molar-refractivity contribution in [2.24, 2.45) is 26.9 Å². The molecule has 7 heterocycles. The summed E-state index contributed by atoms with van der Waals surface area (Å²) in [6.45, 7) is 2.87. The number of pyridine rings is 5. The van der Waals surface area contributed by atoms with Gasteiger partial charge in [0.2, 0.25) is 0 Å². The van der Waals surface area contributed by atoms with Crippen LogP contribution in [0.15, 0.2) is 192 Å². The van der Waals surface area contributed by atoms with Gasteiger partial charge in [0, 0.05) is 62.4 Å². The molecule has 12 aromatic rings. The molecule has 0 aliphatic heterocycles. The van der Waals surface area contributed by atoms with Crippen LogP contribution in [0.1, 0.15) is 32.9 Å². The number of amides is 1. The van der Waals surface area contributed by atoms with Gasteiger partial charge in [0.05, 0.1) is 55.8 Å². The molecule has 106 heavy (non-hydrogen) atoms. The van der Waals surface area contributed by atoms with E-state index in [1.165, 1.54) is 93.5 Å². The summed E-state index contributed by atoms with van der Waals surface area (Å²) in [5.74, 6) is -2.65. The van der Waals surface area contributed by atoms with E-state index in [2.05, 4.69) is 19.5 Å². The van der Waals surface area contributed by atoms with Crippen molar-refractivity contribution in [1.29, 1.82) is 0 Å². The van der Waals surface area contributed by atoms with Gasteiger partial charge in [0.1, 0.15) is 85.4 Å². The number of carbonyl (C=O) groups is 1. The zero-order chi connectivity index (χ0) is 77.1. The molecule has 5 aromatic carbocycles. The summed E-state index contributed by atoms with van der Waals surface area (Å²) in [5.41, 5.74) is -5.69. The Morgan fingerprint density at radius 1 is 0.528 bits per heavy atom. The highest BCUT2D eigenvalue weighted by Crippen LogP contribution is 2.35. The largest absolute Gasteiger partial charge is 0.534 e. The third-order valence-electron chi connectivity index (χ3n) is 15.9. The predicted molar refractivity (Wildman–Crippen MR) is 404 cm³/mol. The number of carbonyl (C=O) groups excluding carboxylic acids is 1. The zero-order valence-corrected chi connectivity index (χ0v) is 63.3. The number of aryl methyl sites for hydroxylation is 4. The van der Waals surface area contributed by atoms with Gasteiger partial charge in [-0.05, 0) is 196 Å². The molecule has 0 bridgehead atoms. The Hall–Kier alpha value is -10.9. The maximum absolute atomic E-state index is 15.3. The molecule has 0 spiro atoms. The first-order valence-electron chi connectivity index (χ1n) is 30.5. The van der Waals surface area contributed by atoms with E-state index in [1.54, 1.807) is 109 Å². The van der Waals surface area contributed by atoms with Crippen LogP contribution in [-0.2, 0) is 44.4 Å². The number of fused-ring (bicyclic) bond motifs is 2. The lowest BCUT2D eigenvalue weighted by atomic mass is 10.2. The van der Waals surface area contributed by atoms with Crippen LogP contribution in [0.25, 0.3) is 33.4 Å². The van der Waals surface area contributed by atoms with Gasteiger partial charge in [-0.3, -0.25) is 61.6 Å². The maximum atomic E-state index is 15.3. The van der Waals surface area contributed by atoms with E-state index in [-0.39, 0.29) is 51.8 Å². The molecule has 548 valence electrons. The Balaban J connectivity index is 0.000000173. The number of alkyl halides is 3. The van der Waals surface area contributed by atoms with Gasteiger partial charge in [-0.1, -0.05) is 24.3 Å².